The summed E-state index contributed by atoms with van der Waals surface area (Å²) in [5.41, 5.74) is 0.303. The number of likely N-dealkylation sites (tertiary alicyclic amines) is 2. The minimum atomic E-state index is -1.68. The molecule has 46 heavy (non-hydrogen) atoms. The van der Waals surface area contributed by atoms with E-state index in [4.69, 9.17) is 21.4 Å². The molecular formula is C32H45ClFN5O7. The van der Waals surface area contributed by atoms with E-state index in [0.29, 0.717) is 54.4 Å². The molecule has 0 radical (unpaired) electrons. The summed E-state index contributed by atoms with van der Waals surface area (Å²) >= 11 is 5.88. The lowest BCUT2D eigenvalue weighted by Gasteiger charge is -2.31. The van der Waals surface area contributed by atoms with E-state index in [9.17, 15) is 29.6 Å². The number of carbonyl (C=O) groups is 1. The van der Waals surface area contributed by atoms with Crippen molar-refractivity contribution in [3.05, 3.63) is 47.0 Å². The standard InChI is InChI=1S/C32H45ClFN5O7/c33-23-14-35-32(36-15-23)37-8-5-20(6-9-37)2-1-11-46-24-4-3-21(25(34)13-24)12-29(43)39-16-22-7-10-38(26(22)17-39)18-27(41)30(44)31(45)28(42)19-40/h3-4,13-15,20,22,26-28,30-31,40-42,44-45H,1-2,5-12,16-19H2/t22-,26+,27?,28?,30?,31?/m1/s1. The van der Waals surface area contributed by atoms with Gasteiger partial charge in [-0.25, -0.2) is 14.4 Å². The number of aromatic nitrogens is 2. The van der Waals surface area contributed by atoms with Gasteiger partial charge in [-0.05, 0) is 62.1 Å². The van der Waals surface area contributed by atoms with Crippen LogP contribution >= 0.6 is 11.6 Å². The molecule has 3 aliphatic heterocycles. The van der Waals surface area contributed by atoms with Gasteiger partial charge in [-0.15, -0.1) is 0 Å². The Hall–Kier alpha value is -2.65. The molecule has 0 saturated carbocycles. The first kappa shape index (κ1) is 34.7. The van der Waals surface area contributed by atoms with E-state index in [1.54, 1.807) is 29.4 Å². The summed E-state index contributed by atoms with van der Waals surface area (Å²) in [5, 5.41) is 49.6. The summed E-state index contributed by atoms with van der Waals surface area (Å²) in [6, 6.07) is 4.61. The van der Waals surface area contributed by atoms with Gasteiger partial charge in [0.05, 0.1) is 43.2 Å². The number of benzene rings is 1. The molecule has 1 aromatic heterocycles. The molecule has 0 spiro atoms. The van der Waals surface area contributed by atoms with Gasteiger partial charge in [-0.3, -0.25) is 9.69 Å². The van der Waals surface area contributed by atoms with Gasteiger partial charge >= 0.3 is 0 Å². The number of hydrogen-bond acceptors (Lipinski definition) is 11. The summed E-state index contributed by atoms with van der Waals surface area (Å²) in [5.74, 6) is 1.25. The van der Waals surface area contributed by atoms with Crippen molar-refractivity contribution in [2.24, 2.45) is 11.8 Å². The van der Waals surface area contributed by atoms with Crippen LogP contribution in [0.2, 0.25) is 5.02 Å². The lowest BCUT2D eigenvalue weighted by molar-refractivity contribution is -0.130. The van der Waals surface area contributed by atoms with Crippen molar-refractivity contribution >= 4 is 23.5 Å². The number of amides is 1. The maximum absolute atomic E-state index is 15.0. The Balaban J connectivity index is 1.02. The zero-order valence-corrected chi connectivity index (χ0v) is 26.6. The number of fused-ring (bicyclic) bond motifs is 1. The number of halogens is 2. The highest BCUT2D eigenvalue weighted by Crippen LogP contribution is 2.32. The second-order valence-corrected chi connectivity index (χ2v) is 13.2. The van der Waals surface area contributed by atoms with Crippen LogP contribution in [0.5, 0.6) is 5.75 Å². The highest BCUT2D eigenvalue weighted by atomic mass is 35.5. The molecule has 4 heterocycles. The van der Waals surface area contributed by atoms with Crippen molar-refractivity contribution < 1.29 is 39.5 Å². The van der Waals surface area contributed by atoms with Gasteiger partial charge in [-0.1, -0.05) is 17.7 Å². The van der Waals surface area contributed by atoms with Crippen LogP contribution < -0.4 is 9.64 Å². The predicted molar refractivity (Wildman–Crippen MR) is 168 cm³/mol. The Morgan fingerprint density at radius 2 is 1.74 bits per heavy atom. The molecule has 0 aliphatic carbocycles. The SMILES string of the molecule is O=C(Cc1ccc(OCCCC2CCN(c3ncc(Cl)cn3)CC2)cc1F)N1C[C@H]2CCN(CC(O)C(O)C(O)C(O)CO)[C@H]2C1. The topological polar surface area (TPSA) is 163 Å². The smallest absolute Gasteiger partial charge is 0.227 e. The number of aliphatic hydroxyl groups excluding tert-OH is 5. The van der Waals surface area contributed by atoms with Crippen LogP contribution in [-0.2, 0) is 11.2 Å². The Morgan fingerprint density at radius 1 is 1.02 bits per heavy atom. The first-order valence-electron chi connectivity index (χ1n) is 16.1. The fourth-order valence-corrected chi connectivity index (χ4v) is 6.98. The van der Waals surface area contributed by atoms with Gasteiger partial charge in [0.25, 0.3) is 0 Å². The van der Waals surface area contributed by atoms with E-state index in [-0.39, 0.29) is 30.8 Å². The third kappa shape index (κ3) is 8.62. The number of rotatable bonds is 14. The number of ether oxygens (including phenoxy) is 1. The maximum Gasteiger partial charge on any atom is 0.227 e. The van der Waals surface area contributed by atoms with Crippen molar-refractivity contribution in [1.29, 1.82) is 0 Å². The van der Waals surface area contributed by atoms with Crippen LogP contribution in [-0.4, -0.2) is 134 Å². The van der Waals surface area contributed by atoms with Crippen LogP contribution in [0.3, 0.4) is 0 Å². The average molecular weight is 666 g/mol. The van der Waals surface area contributed by atoms with Gasteiger partial charge in [0, 0.05) is 44.8 Å². The molecule has 254 valence electrons. The monoisotopic (exact) mass is 665 g/mol. The number of anilines is 1. The van der Waals surface area contributed by atoms with E-state index >= 15 is 0 Å². The zero-order valence-electron chi connectivity index (χ0n) is 25.9. The van der Waals surface area contributed by atoms with Crippen LogP contribution in [0.15, 0.2) is 30.6 Å². The number of hydrogen-bond donors (Lipinski definition) is 5. The maximum atomic E-state index is 15.0. The molecule has 0 bridgehead atoms. The highest BCUT2D eigenvalue weighted by molar-refractivity contribution is 6.30. The predicted octanol–water partition coefficient (Wildman–Crippen LogP) is 0.856. The zero-order chi connectivity index (χ0) is 32.8. The minimum absolute atomic E-state index is 0.0311. The van der Waals surface area contributed by atoms with Gasteiger partial charge in [0.1, 0.15) is 29.9 Å². The Kier molecular flexibility index (Phi) is 12.0. The second kappa shape index (κ2) is 16.0. The molecule has 5 N–H and O–H groups in total. The molecule has 3 fully saturated rings. The summed E-state index contributed by atoms with van der Waals surface area (Å²) in [6.45, 7) is 3.20. The van der Waals surface area contributed by atoms with Crippen molar-refractivity contribution in [2.75, 3.05) is 57.4 Å². The third-order valence-corrected chi connectivity index (χ3v) is 9.85. The van der Waals surface area contributed by atoms with E-state index in [1.165, 1.54) is 6.07 Å². The minimum Gasteiger partial charge on any atom is -0.493 e. The highest BCUT2D eigenvalue weighted by Gasteiger charge is 2.44. The molecule has 2 aromatic rings. The third-order valence-electron chi connectivity index (χ3n) is 9.66. The van der Waals surface area contributed by atoms with Crippen molar-refractivity contribution in [1.82, 2.24) is 19.8 Å². The quantitative estimate of drug-likeness (QED) is 0.182. The molecule has 3 aliphatic rings. The molecule has 6 atom stereocenters. The van der Waals surface area contributed by atoms with Crippen LogP contribution in [0.1, 0.15) is 37.7 Å². The number of nitrogens with zero attached hydrogens (tertiary/aromatic N) is 5. The summed E-state index contributed by atoms with van der Waals surface area (Å²) in [6.07, 6.45) is 1.72. The largest absolute Gasteiger partial charge is 0.493 e. The Bertz CT molecular complexity index is 1290. The fraction of sp³-hybridized carbons (Fsp3) is 0.656. The normalized spacial score (nSPS) is 23.3. The summed E-state index contributed by atoms with van der Waals surface area (Å²) in [4.78, 5) is 27.6. The Labute approximate surface area is 273 Å². The van der Waals surface area contributed by atoms with E-state index in [2.05, 4.69) is 14.9 Å². The van der Waals surface area contributed by atoms with Crippen LogP contribution in [0.25, 0.3) is 0 Å². The molecule has 1 aromatic carbocycles. The summed E-state index contributed by atoms with van der Waals surface area (Å²) in [7, 11) is 0. The van der Waals surface area contributed by atoms with Crippen LogP contribution in [0.4, 0.5) is 10.3 Å². The van der Waals surface area contributed by atoms with Crippen molar-refractivity contribution in [3.8, 4) is 5.75 Å². The molecule has 4 unspecified atom stereocenters. The molecule has 3 saturated heterocycles. The molecular weight excluding hydrogens is 621 g/mol. The number of aliphatic hydroxyl groups is 5. The molecule has 14 heteroatoms. The van der Waals surface area contributed by atoms with E-state index < -0.39 is 36.8 Å². The fourth-order valence-electron chi connectivity index (χ4n) is 6.88. The first-order chi connectivity index (χ1) is 22.1. The number of piperidine rings is 1. The van der Waals surface area contributed by atoms with Gasteiger partial charge in [0.15, 0.2) is 0 Å². The lowest BCUT2D eigenvalue weighted by Crippen LogP contribution is -2.51. The molecule has 1 amide bonds. The first-order valence-corrected chi connectivity index (χ1v) is 16.5. The van der Waals surface area contributed by atoms with Crippen molar-refractivity contribution in [3.63, 3.8) is 0 Å². The van der Waals surface area contributed by atoms with E-state index in [1.807, 2.05) is 4.90 Å². The average Bonchev–Trinajstić information content (AvgIpc) is 3.66. The number of β-amino-alcohol motifs (C(OH)–C–C–N with tert-alkyl or cyclic N) is 1. The molecule has 12 nitrogen and oxygen atoms in total. The van der Waals surface area contributed by atoms with Gasteiger partial charge in [-0.2, -0.15) is 0 Å². The lowest BCUT2D eigenvalue weighted by atomic mass is 9.92. The number of carbonyl (C=O) groups excluding carboxylic acids is 1. The van der Waals surface area contributed by atoms with Crippen molar-refractivity contribution in [2.45, 2.75) is 69.0 Å². The van der Waals surface area contributed by atoms with E-state index in [0.717, 1.165) is 45.2 Å². The molecule has 5 rings (SSSR count). The van der Waals surface area contributed by atoms with Crippen LogP contribution in [0, 0.1) is 17.7 Å². The van der Waals surface area contributed by atoms with Gasteiger partial charge < -0.3 is 40.1 Å². The summed E-state index contributed by atoms with van der Waals surface area (Å²) < 4.78 is 20.8. The second-order valence-electron chi connectivity index (χ2n) is 12.8. The Morgan fingerprint density at radius 3 is 2.43 bits per heavy atom. The van der Waals surface area contributed by atoms with Gasteiger partial charge in [0.2, 0.25) is 11.9 Å².